The highest BCUT2D eigenvalue weighted by Gasteiger charge is 2.21. The van der Waals surface area contributed by atoms with Crippen molar-refractivity contribution in [1.29, 1.82) is 0 Å². The average molecular weight is 265 g/mol. The number of nitrogens with two attached hydrogens (primary N) is 1. The van der Waals surface area contributed by atoms with Crippen LogP contribution < -0.4 is 20.6 Å². The van der Waals surface area contributed by atoms with Crippen LogP contribution in [0.3, 0.4) is 0 Å². The summed E-state index contributed by atoms with van der Waals surface area (Å²) in [5.41, 5.74) is 9.76. The Morgan fingerprint density at radius 2 is 2.44 bits per heavy atom. The number of thiocarbonyl (C=S) groups is 1. The average Bonchev–Trinajstić information content (AvgIpc) is 2.66. The molecule has 5 nitrogen and oxygen atoms in total. The van der Waals surface area contributed by atoms with Crippen molar-refractivity contribution < 1.29 is 9.47 Å². The van der Waals surface area contributed by atoms with Crippen molar-refractivity contribution in [2.75, 3.05) is 7.11 Å². The van der Waals surface area contributed by atoms with E-state index in [4.69, 9.17) is 15.2 Å². The van der Waals surface area contributed by atoms with E-state index in [1.54, 1.807) is 13.3 Å². The number of rotatable bonds is 3. The van der Waals surface area contributed by atoms with Crippen LogP contribution in [-0.2, 0) is 6.42 Å². The number of hydrazone groups is 1. The minimum atomic E-state index is 0.122. The molecule has 2 rings (SSSR count). The molecule has 1 aromatic rings. The van der Waals surface area contributed by atoms with Crippen LogP contribution in [0.2, 0.25) is 0 Å². The van der Waals surface area contributed by atoms with E-state index < -0.39 is 0 Å². The quantitative estimate of drug-likeness (QED) is 0.488. The molecule has 18 heavy (non-hydrogen) atoms. The van der Waals surface area contributed by atoms with Gasteiger partial charge in [-0.05, 0) is 31.3 Å². The van der Waals surface area contributed by atoms with Crippen LogP contribution in [-0.4, -0.2) is 24.5 Å². The zero-order chi connectivity index (χ0) is 13.1. The molecule has 3 N–H and O–H groups in total. The van der Waals surface area contributed by atoms with Gasteiger partial charge in [-0.25, -0.2) is 0 Å². The van der Waals surface area contributed by atoms with Crippen LogP contribution in [0, 0.1) is 0 Å². The molecule has 0 fully saturated rings. The molecule has 1 atom stereocenters. The highest BCUT2D eigenvalue weighted by atomic mass is 32.1. The molecule has 0 amide bonds. The van der Waals surface area contributed by atoms with E-state index in [1.807, 2.05) is 19.1 Å². The van der Waals surface area contributed by atoms with Crippen LogP contribution >= 0.6 is 12.2 Å². The number of nitrogens with one attached hydrogen (secondary N) is 1. The van der Waals surface area contributed by atoms with Crippen molar-refractivity contribution in [2.45, 2.75) is 19.4 Å². The van der Waals surface area contributed by atoms with Crippen LogP contribution in [0.5, 0.6) is 11.5 Å². The van der Waals surface area contributed by atoms with Gasteiger partial charge in [-0.15, -0.1) is 0 Å². The second kappa shape index (κ2) is 5.22. The van der Waals surface area contributed by atoms with Crippen molar-refractivity contribution in [3.05, 3.63) is 23.3 Å². The molecule has 0 bridgehead atoms. The molecule has 0 saturated heterocycles. The molecule has 0 spiro atoms. The van der Waals surface area contributed by atoms with Crippen LogP contribution in [0.1, 0.15) is 18.1 Å². The highest BCUT2D eigenvalue weighted by molar-refractivity contribution is 7.80. The molecule has 1 aliphatic heterocycles. The second-order valence-corrected chi connectivity index (χ2v) is 4.51. The smallest absolute Gasteiger partial charge is 0.184 e. The minimum Gasteiger partial charge on any atom is -0.496 e. The van der Waals surface area contributed by atoms with Gasteiger partial charge < -0.3 is 15.2 Å². The number of hydrogen-bond donors (Lipinski definition) is 2. The summed E-state index contributed by atoms with van der Waals surface area (Å²) >= 11 is 4.66. The van der Waals surface area contributed by atoms with Gasteiger partial charge in [0.25, 0.3) is 0 Å². The Hall–Kier alpha value is -1.82. The fourth-order valence-electron chi connectivity index (χ4n) is 1.90. The van der Waals surface area contributed by atoms with Crippen molar-refractivity contribution in [1.82, 2.24) is 5.43 Å². The van der Waals surface area contributed by atoms with Gasteiger partial charge in [-0.3, -0.25) is 5.43 Å². The summed E-state index contributed by atoms with van der Waals surface area (Å²) in [7, 11) is 1.62. The number of hydrogen-bond acceptors (Lipinski definition) is 4. The van der Waals surface area contributed by atoms with E-state index in [1.165, 1.54) is 0 Å². The predicted molar refractivity (Wildman–Crippen MR) is 74.3 cm³/mol. The van der Waals surface area contributed by atoms with Crippen LogP contribution in [0.15, 0.2) is 17.2 Å². The molecule has 0 aliphatic carbocycles. The van der Waals surface area contributed by atoms with Gasteiger partial charge >= 0.3 is 0 Å². The van der Waals surface area contributed by atoms with E-state index in [2.05, 4.69) is 22.7 Å². The van der Waals surface area contributed by atoms with E-state index in [-0.39, 0.29) is 11.2 Å². The first-order valence-electron chi connectivity index (χ1n) is 5.56. The zero-order valence-electron chi connectivity index (χ0n) is 10.3. The summed E-state index contributed by atoms with van der Waals surface area (Å²) in [4.78, 5) is 0. The fraction of sp³-hybridized carbons (Fsp3) is 0.333. The Kier molecular flexibility index (Phi) is 3.66. The standard InChI is InChI=1S/C12H15N3O2S/c1-7-3-8-4-10(16-2)9(5-11(8)17-7)6-14-15-12(13)18/h4-7H,3H2,1-2H3,(H3,13,15,18)/b14-6-/t7-/m0/s1. The lowest BCUT2D eigenvalue weighted by atomic mass is 10.1. The van der Waals surface area contributed by atoms with Gasteiger partial charge in [0, 0.05) is 17.5 Å². The Morgan fingerprint density at radius 3 is 3.11 bits per heavy atom. The van der Waals surface area contributed by atoms with Gasteiger partial charge in [0.1, 0.15) is 17.6 Å². The molecule has 96 valence electrons. The van der Waals surface area contributed by atoms with E-state index in [9.17, 15) is 0 Å². The van der Waals surface area contributed by atoms with E-state index >= 15 is 0 Å². The first-order chi connectivity index (χ1) is 8.60. The molecule has 0 radical (unpaired) electrons. The number of nitrogens with zero attached hydrogens (tertiary/aromatic N) is 1. The summed E-state index contributed by atoms with van der Waals surface area (Å²) in [6.45, 7) is 2.04. The lowest BCUT2D eigenvalue weighted by Crippen LogP contribution is -2.24. The Bertz CT molecular complexity index is 502. The van der Waals surface area contributed by atoms with Gasteiger partial charge in [0.2, 0.25) is 0 Å². The number of benzene rings is 1. The maximum atomic E-state index is 5.69. The summed E-state index contributed by atoms with van der Waals surface area (Å²) in [5, 5.41) is 4.04. The van der Waals surface area contributed by atoms with Crippen LogP contribution in [0.4, 0.5) is 0 Å². The van der Waals surface area contributed by atoms with Gasteiger partial charge in [-0.1, -0.05) is 0 Å². The molecular formula is C12H15N3O2S. The van der Waals surface area contributed by atoms with Gasteiger partial charge in [0.15, 0.2) is 5.11 Å². The lowest BCUT2D eigenvalue weighted by Gasteiger charge is -2.07. The SMILES string of the molecule is COc1cc2c(cc1/C=N\NC(N)=S)O[C@@H](C)C2. The zero-order valence-corrected chi connectivity index (χ0v) is 11.1. The summed E-state index contributed by atoms with van der Waals surface area (Å²) < 4.78 is 11.0. The summed E-state index contributed by atoms with van der Waals surface area (Å²) in [6.07, 6.45) is 2.70. The molecule has 0 unspecified atom stereocenters. The third-order valence-corrected chi connectivity index (χ3v) is 2.72. The summed E-state index contributed by atoms with van der Waals surface area (Å²) in [5.74, 6) is 1.63. The van der Waals surface area contributed by atoms with Gasteiger partial charge in [0.05, 0.1) is 13.3 Å². The minimum absolute atomic E-state index is 0.122. The molecular weight excluding hydrogens is 250 g/mol. The van der Waals surface area contributed by atoms with Crippen molar-refractivity contribution >= 4 is 23.5 Å². The fourth-order valence-corrected chi connectivity index (χ4v) is 1.95. The highest BCUT2D eigenvalue weighted by Crippen LogP contribution is 2.34. The Morgan fingerprint density at radius 1 is 1.67 bits per heavy atom. The summed E-state index contributed by atoms with van der Waals surface area (Å²) in [6, 6.07) is 3.88. The first-order valence-corrected chi connectivity index (χ1v) is 5.97. The second-order valence-electron chi connectivity index (χ2n) is 4.07. The Labute approximate surface area is 111 Å². The molecule has 1 aromatic carbocycles. The molecule has 0 saturated carbocycles. The molecule has 6 heteroatoms. The normalized spacial score (nSPS) is 17.3. The topological polar surface area (TPSA) is 68.9 Å². The van der Waals surface area contributed by atoms with E-state index in [0.29, 0.717) is 0 Å². The Balaban J connectivity index is 2.27. The number of methoxy groups -OCH3 is 1. The van der Waals surface area contributed by atoms with Crippen molar-refractivity contribution in [3.8, 4) is 11.5 Å². The maximum Gasteiger partial charge on any atom is 0.184 e. The maximum absolute atomic E-state index is 5.69. The van der Waals surface area contributed by atoms with E-state index in [0.717, 1.165) is 29.0 Å². The number of fused-ring (bicyclic) bond motifs is 1. The largest absolute Gasteiger partial charge is 0.496 e. The number of ether oxygens (including phenoxy) is 2. The first kappa shape index (κ1) is 12.6. The third-order valence-electron chi connectivity index (χ3n) is 2.63. The van der Waals surface area contributed by atoms with Crippen molar-refractivity contribution in [2.24, 2.45) is 10.8 Å². The molecule has 0 aromatic heterocycles. The monoisotopic (exact) mass is 265 g/mol. The third kappa shape index (κ3) is 2.70. The molecule has 1 heterocycles. The van der Waals surface area contributed by atoms with Crippen LogP contribution in [0.25, 0.3) is 0 Å². The van der Waals surface area contributed by atoms with Gasteiger partial charge in [-0.2, -0.15) is 5.10 Å². The van der Waals surface area contributed by atoms with Crippen molar-refractivity contribution in [3.63, 3.8) is 0 Å². The predicted octanol–water partition coefficient (Wildman–Crippen LogP) is 1.19. The lowest BCUT2D eigenvalue weighted by molar-refractivity contribution is 0.254. The molecule has 1 aliphatic rings.